The van der Waals surface area contributed by atoms with Gasteiger partial charge in [0.15, 0.2) is 0 Å². The van der Waals surface area contributed by atoms with E-state index in [4.69, 9.17) is 14.7 Å². The van der Waals surface area contributed by atoms with Crippen molar-refractivity contribution in [2.45, 2.75) is 33.0 Å². The Balaban J connectivity index is 1.30. The molecule has 2 aliphatic rings. The molecule has 1 aromatic heterocycles. The maximum Gasteiger partial charge on any atom is 0.410 e. The average Bonchev–Trinajstić information content (AvgIpc) is 2.63. The first-order valence-corrected chi connectivity index (χ1v) is 10.2. The van der Waals surface area contributed by atoms with E-state index in [1.807, 2.05) is 39.0 Å². The Labute approximate surface area is 181 Å². The highest BCUT2D eigenvalue weighted by Gasteiger charge is 2.54. The molecular formula is C23H25FN4O3. The van der Waals surface area contributed by atoms with Gasteiger partial charge in [-0.15, -0.1) is 0 Å². The summed E-state index contributed by atoms with van der Waals surface area (Å²) in [4.78, 5) is 20.5. The number of hydrogen-bond acceptors (Lipinski definition) is 6. The molecule has 2 fully saturated rings. The number of nitrogens with zero attached hydrogens (tertiary/aromatic N) is 4. The van der Waals surface area contributed by atoms with Crippen molar-refractivity contribution < 1.29 is 18.7 Å². The molecule has 0 unspecified atom stereocenters. The first-order chi connectivity index (χ1) is 14.7. The Morgan fingerprint density at radius 1 is 1.23 bits per heavy atom. The second-order valence-electron chi connectivity index (χ2n) is 9.23. The molecule has 2 saturated heterocycles. The summed E-state index contributed by atoms with van der Waals surface area (Å²) in [7, 11) is 0. The van der Waals surface area contributed by atoms with Crippen molar-refractivity contribution in [2.75, 3.05) is 31.1 Å². The van der Waals surface area contributed by atoms with Gasteiger partial charge >= 0.3 is 6.09 Å². The number of anilines is 1. The van der Waals surface area contributed by atoms with Crippen LogP contribution in [-0.2, 0) is 11.3 Å². The minimum Gasteiger partial charge on any atom is -0.473 e. The van der Waals surface area contributed by atoms with Gasteiger partial charge in [-0.2, -0.15) is 10.2 Å². The molecule has 4 rings (SSSR count). The normalized spacial score (nSPS) is 16.9. The third kappa shape index (κ3) is 4.55. The molecule has 0 saturated carbocycles. The van der Waals surface area contributed by atoms with Gasteiger partial charge in [-0.05, 0) is 39.0 Å². The summed E-state index contributed by atoms with van der Waals surface area (Å²) >= 11 is 0. The number of rotatable bonds is 4. The van der Waals surface area contributed by atoms with Gasteiger partial charge in [0.25, 0.3) is 0 Å². The molecule has 31 heavy (non-hydrogen) atoms. The fraction of sp³-hybridized carbons (Fsp3) is 0.435. The number of nitriles is 1. The monoisotopic (exact) mass is 424 g/mol. The molecule has 0 radical (unpaired) electrons. The van der Waals surface area contributed by atoms with Crippen LogP contribution in [0.25, 0.3) is 0 Å². The summed E-state index contributed by atoms with van der Waals surface area (Å²) in [6.07, 6.45) is -0.264. The van der Waals surface area contributed by atoms with Crippen molar-refractivity contribution >= 4 is 11.9 Å². The highest BCUT2D eigenvalue weighted by molar-refractivity contribution is 5.70. The van der Waals surface area contributed by atoms with Gasteiger partial charge in [0.05, 0.1) is 11.6 Å². The van der Waals surface area contributed by atoms with E-state index in [1.165, 1.54) is 6.07 Å². The Bertz CT molecular complexity index is 1030. The lowest BCUT2D eigenvalue weighted by Crippen LogP contribution is -2.73. The molecule has 2 aliphatic heterocycles. The van der Waals surface area contributed by atoms with Gasteiger partial charge in [-0.3, -0.25) is 0 Å². The number of benzene rings is 1. The fourth-order valence-electron chi connectivity index (χ4n) is 3.89. The lowest BCUT2D eigenvalue weighted by Gasteiger charge is -2.60. The Morgan fingerprint density at radius 2 is 1.97 bits per heavy atom. The quantitative estimate of drug-likeness (QED) is 0.744. The minimum atomic E-state index is -0.490. The van der Waals surface area contributed by atoms with E-state index in [2.05, 4.69) is 9.88 Å². The summed E-state index contributed by atoms with van der Waals surface area (Å²) in [5, 5.41) is 8.83. The van der Waals surface area contributed by atoms with Gasteiger partial charge < -0.3 is 19.3 Å². The standard InChI is InChI=1S/C23H25FN4O3/c1-22(2,3)31-21(29)28-14-23(15-28)12-27(13-23)19-5-4-6-20(26-19)30-11-17-8-7-16(10-25)9-18(17)24/h4-9H,11-15H2,1-3H3. The first kappa shape index (κ1) is 20.9. The van der Waals surface area contributed by atoms with Crippen LogP contribution < -0.4 is 9.64 Å². The highest BCUT2D eigenvalue weighted by atomic mass is 19.1. The van der Waals surface area contributed by atoms with Crippen LogP contribution >= 0.6 is 0 Å². The fourth-order valence-corrected chi connectivity index (χ4v) is 3.89. The topological polar surface area (TPSA) is 78.7 Å². The second kappa shape index (κ2) is 7.73. The van der Waals surface area contributed by atoms with Crippen LogP contribution in [0.2, 0.25) is 0 Å². The molecule has 1 aromatic carbocycles. The number of pyridine rings is 1. The first-order valence-electron chi connectivity index (χ1n) is 10.2. The number of likely N-dealkylation sites (tertiary alicyclic amines) is 1. The number of amides is 1. The maximum absolute atomic E-state index is 14.0. The number of carbonyl (C=O) groups is 1. The third-order valence-corrected chi connectivity index (χ3v) is 5.35. The van der Waals surface area contributed by atoms with E-state index in [9.17, 15) is 9.18 Å². The summed E-state index contributed by atoms with van der Waals surface area (Å²) in [5.41, 5.74) is 0.248. The molecule has 0 atom stereocenters. The predicted molar refractivity (Wildman–Crippen MR) is 112 cm³/mol. The minimum absolute atomic E-state index is 0.0305. The summed E-state index contributed by atoms with van der Waals surface area (Å²) in [6.45, 7) is 8.62. The number of halogens is 1. The summed E-state index contributed by atoms with van der Waals surface area (Å²) in [6, 6.07) is 11.7. The van der Waals surface area contributed by atoms with E-state index >= 15 is 0 Å². The van der Waals surface area contributed by atoms with Crippen LogP contribution in [0.5, 0.6) is 5.88 Å². The van der Waals surface area contributed by atoms with Gasteiger partial charge in [0, 0.05) is 43.2 Å². The SMILES string of the molecule is CC(C)(C)OC(=O)N1CC2(C1)CN(c1cccc(OCc3ccc(C#N)cc3F)n1)C2. The van der Waals surface area contributed by atoms with Gasteiger partial charge in [-0.1, -0.05) is 12.1 Å². The van der Waals surface area contributed by atoms with E-state index in [1.54, 1.807) is 23.1 Å². The summed E-state index contributed by atoms with van der Waals surface area (Å²) in [5.74, 6) is 0.727. The third-order valence-electron chi connectivity index (χ3n) is 5.35. The molecule has 3 heterocycles. The van der Waals surface area contributed by atoms with Crippen molar-refractivity contribution in [3.8, 4) is 11.9 Å². The van der Waals surface area contributed by atoms with Gasteiger partial charge in [-0.25, -0.2) is 9.18 Å². The number of carbonyl (C=O) groups excluding carboxylic acids is 1. The largest absolute Gasteiger partial charge is 0.473 e. The molecule has 7 nitrogen and oxygen atoms in total. The van der Waals surface area contributed by atoms with Crippen LogP contribution in [0.3, 0.4) is 0 Å². The van der Waals surface area contributed by atoms with Gasteiger partial charge in [0.1, 0.15) is 23.8 Å². The molecule has 8 heteroatoms. The zero-order chi connectivity index (χ0) is 22.2. The molecule has 0 N–H and O–H groups in total. The van der Waals surface area contributed by atoms with E-state index in [0.717, 1.165) is 18.9 Å². The van der Waals surface area contributed by atoms with E-state index in [-0.39, 0.29) is 23.7 Å². The van der Waals surface area contributed by atoms with Crippen LogP contribution in [0.1, 0.15) is 31.9 Å². The van der Waals surface area contributed by atoms with E-state index < -0.39 is 11.4 Å². The van der Waals surface area contributed by atoms with E-state index in [0.29, 0.717) is 24.5 Å². The van der Waals surface area contributed by atoms with Crippen LogP contribution in [0.4, 0.5) is 15.0 Å². The molecule has 2 aromatic rings. The van der Waals surface area contributed by atoms with Crippen LogP contribution in [0.15, 0.2) is 36.4 Å². The summed E-state index contributed by atoms with van der Waals surface area (Å²) < 4.78 is 25.1. The number of hydrogen-bond donors (Lipinski definition) is 0. The molecule has 0 bridgehead atoms. The molecule has 1 amide bonds. The van der Waals surface area contributed by atoms with Crippen LogP contribution in [0, 0.1) is 22.6 Å². The van der Waals surface area contributed by atoms with Crippen molar-refractivity contribution in [1.82, 2.24) is 9.88 Å². The number of aromatic nitrogens is 1. The van der Waals surface area contributed by atoms with Crippen LogP contribution in [-0.4, -0.2) is 47.8 Å². The Hall–Kier alpha value is -3.34. The smallest absolute Gasteiger partial charge is 0.410 e. The lowest BCUT2D eigenvalue weighted by atomic mass is 9.73. The van der Waals surface area contributed by atoms with Gasteiger partial charge in [0.2, 0.25) is 5.88 Å². The van der Waals surface area contributed by atoms with Crippen molar-refractivity contribution in [1.29, 1.82) is 5.26 Å². The average molecular weight is 424 g/mol. The molecule has 0 aliphatic carbocycles. The Morgan fingerprint density at radius 3 is 2.61 bits per heavy atom. The Kier molecular flexibility index (Phi) is 5.21. The molecular weight excluding hydrogens is 399 g/mol. The predicted octanol–water partition coefficient (Wildman–Crippen LogP) is 3.73. The lowest BCUT2D eigenvalue weighted by molar-refractivity contribution is -0.0454. The van der Waals surface area contributed by atoms with Crippen molar-refractivity contribution in [3.05, 3.63) is 53.3 Å². The maximum atomic E-state index is 14.0. The highest BCUT2D eigenvalue weighted by Crippen LogP contribution is 2.42. The van der Waals surface area contributed by atoms with Crippen molar-refractivity contribution in [2.24, 2.45) is 5.41 Å². The molecule has 1 spiro atoms. The van der Waals surface area contributed by atoms with Crippen molar-refractivity contribution in [3.63, 3.8) is 0 Å². The zero-order valence-corrected chi connectivity index (χ0v) is 17.9. The second-order valence-corrected chi connectivity index (χ2v) is 9.23. The molecule has 162 valence electrons. The number of ether oxygens (including phenoxy) is 2. The zero-order valence-electron chi connectivity index (χ0n) is 17.9.